The normalized spacial score (nSPS) is 23.0. The number of hydrogen-bond acceptors (Lipinski definition) is 4. The molecule has 3 rings (SSSR count). The molecular weight excluding hydrogens is 358 g/mol. The number of methoxy groups -OCH3 is 1. The lowest BCUT2D eigenvalue weighted by Crippen LogP contribution is -2.70. The van der Waals surface area contributed by atoms with Crippen molar-refractivity contribution in [1.29, 1.82) is 0 Å². The summed E-state index contributed by atoms with van der Waals surface area (Å²) in [5.41, 5.74) is 0.687. The minimum Gasteiger partial charge on any atom is -0.492 e. The van der Waals surface area contributed by atoms with E-state index in [1.165, 1.54) is 0 Å². The highest BCUT2D eigenvalue weighted by Gasteiger charge is 2.52. The number of urea groups is 1. The molecule has 0 aromatic heterocycles. The molecule has 2 saturated heterocycles. The summed E-state index contributed by atoms with van der Waals surface area (Å²) >= 11 is 0. The number of para-hydroxylation sites is 2. The monoisotopic (exact) mass is 389 g/mol. The molecule has 28 heavy (non-hydrogen) atoms. The summed E-state index contributed by atoms with van der Waals surface area (Å²) in [5.74, 6) is 1.11. The van der Waals surface area contributed by atoms with E-state index in [2.05, 4.69) is 5.32 Å². The highest BCUT2D eigenvalue weighted by atomic mass is 16.5. The molecule has 2 unspecified atom stereocenters. The van der Waals surface area contributed by atoms with E-state index in [0.29, 0.717) is 37.1 Å². The van der Waals surface area contributed by atoms with Gasteiger partial charge in [0.25, 0.3) is 5.91 Å². The largest absolute Gasteiger partial charge is 0.492 e. The summed E-state index contributed by atoms with van der Waals surface area (Å²) < 4.78 is 11.0. The van der Waals surface area contributed by atoms with Crippen molar-refractivity contribution in [3.05, 3.63) is 24.3 Å². The number of likely N-dealkylation sites (tertiary alicyclic amines) is 2. The number of benzene rings is 1. The standard InChI is InChI=1S/C21H31N3O4/c1-5-28-17-9-7-6-8-16(17)22-21(26)23-12-10-15(11-13-23)18-19(27-4)20(25)24(18)14(2)3/h6-9,14-15,18-19H,5,10-13H2,1-4H3,(H,22,26). The molecule has 2 heterocycles. The van der Waals surface area contributed by atoms with E-state index in [9.17, 15) is 9.59 Å². The van der Waals surface area contributed by atoms with Gasteiger partial charge in [0.2, 0.25) is 0 Å². The smallest absolute Gasteiger partial charge is 0.321 e. The van der Waals surface area contributed by atoms with E-state index in [-0.39, 0.29) is 30.1 Å². The SMILES string of the molecule is CCOc1ccccc1NC(=O)N1CCC(C2C(OC)C(=O)N2C(C)C)CC1. The highest BCUT2D eigenvalue weighted by Crippen LogP contribution is 2.36. The van der Waals surface area contributed by atoms with Gasteiger partial charge >= 0.3 is 6.03 Å². The molecule has 0 saturated carbocycles. The van der Waals surface area contributed by atoms with Crippen molar-refractivity contribution in [2.24, 2.45) is 5.92 Å². The van der Waals surface area contributed by atoms with Crippen LogP contribution in [0.1, 0.15) is 33.6 Å². The number of rotatable bonds is 6. The van der Waals surface area contributed by atoms with Crippen LogP contribution in [-0.2, 0) is 9.53 Å². The van der Waals surface area contributed by atoms with Gasteiger partial charge in [-0.2, -0.15) is 0 Å². The molecule has 3 amide bonds. The van der Waals surface area contributed by atoms with Crippen molar-refractivity contribution in [2.75, 3.05) is 32.1 Å². The van der Waals surface area contributed by atoms with E-state index in [0.717, 1.165) is 12.8 Å². The Labute approximate surface area is 167 Å². The highest BCUT2D eigenvalue weighted by molar-refractivity contribution is 5.91. The lowest BCUT2D eigenvalue weighted by Gasteiger charge is -2.53. The van der Waals surface area contributed by atoms with E-state index in [1.54, 1.807) is 7.11 Å². The van der Waals surface area contributed by atoms with Gasteiger partial charge in [0.05, 0.1) is 18.3 Å². The van der Waals surface area contributed by atoms with Gasteiger partial charge in [-0.1, -0.05) is 12.1 Å². The number of β-lactam (4-membered cyclic amide) rings is 1. The minimum atomic E-state index is -0.342. The molecule has 2 aliphatic rings. The molecule has 2 atom stereocenters. The number of piperidine rings is 1. The first-order chi connectivity index (χ1) is 13.5. The maximum atomic E-state index is 12.7. The van der Waals surface area contributed by atoms with E-state index >= 15 is 0 Å². The predicted molar refractivity (Wildman–Crippen MR) is 107 cm³/mol. The van der Waals surface area contributed by atoms with Gasteiger partial charge in [-0.25, -0.2) is 4.79 Å². The number of anilines is 1. The summed E-state index contributed by atoms with van der Waals surface area (Å²) in [5, 5.41) is 2.96. The van der Waals surface area contributed by atoms with E-state index in [4.69, 9.17) is 9.47 Å². The average molecular weight is 389 g/mol. The summed E-state index contributed by atoms with van der Waals surface area (Å²) in [6.45, 7) is 7.87. The van der Waals surface area contributed by atoms with Crippen LogP contribution in [0.4, 0.5) is 10.5 Å². The van der Waals surface area contributed by atoms with Crippen molar-refractivity contribution in [3.8, 4) is 5.75 Å². The van der Waals surface area contributed by atoms with Gasteiger partial charge in [0.1, 0.15) is 5.75 Å². The zero-order valence-electron chi connectivity index (χ0n) is 17.2. The third-order valence-corrected chi connectivity index (χ3v) is 5.68. The molecule has 1 aromatic rings. The van der Waals surface area contributed by atoms with Crippen LogP contribution in [0.2, 0.25) is 0 Å². The molecule has 1 aromatic carbocycles. The molecular formula is C21H31N3O4. The number of hydrogen-bond donors (Lipinski definition) is 1. The fourth-order valence-electron chi connectivity index (χ4n) is 4.31. The van der Waals surface area contributed by atoms with Crippen LogP contribution >= 0.6 is 0 Å². The zero-order chi connectivity index (χ0) is 20.3. The molecule has 0 spiro atoms. The Hall–Kier alpha value is -2.28. The van der Waals surface area contributed by atoms with Crippen molar-refractivity contribution in [1.82, 2.24) is 9.80 Å². The second-order valence-electron chi connectivity index (χ2n) is 7.67. The van der Waals surface area contributed by atoms with Crippen LogP contribution in [0, 0.1) is 5.92 Å². The maximum Gasteiger partial charge on any atom is 0.321 e. The average Bonchev–Trinajstić information content (AvgIpc) is 2.68. The fourth-order valence-corrected chi connectivity index (χ4v) is 4.31. The first kappa shape index (κ1) is 20.5. The summed E-state index contributed by atoms with van der Waals surface area (Å²) in [6.07, 6.45) is 1.38. The Bertz CT molecular complexity index is 701. The second kappa shape index (κ2) is 8.82. The van der Waals surface area contributed by atoms with Crippen LogP contribution in [0.15, 0.2) is 24.3 Å². The Kier molecular flexibility index (Phi) is 6.44. The second-order valence-corrected chi connectivity index (χ2v) is 7.67. The quantitative estimate of drug-likeness (QED) is 0.760. The zero-order valence-corrected chi connectivity index (χ0v) is 17.2. The van der Waals surface area contributed by atoms with Crippen molar-refractivity contribution >= 4 is 17.6 Å². The molecule has 1 N–H and O–H groups in total. The number of carbonyl (C=O) groups is 2. The van der Waals surface area contributed by atoms with Crippen molar-refractivity contribution in [3.63, 3.8) is 0 Å². The molecule has 0 bridgehead atoms. The van der Waals surface area contributed by atoms with Crippen molar-refractivity contribution < 1.29 is 19.1 Å². The first-order valence-electron chi connectivity index (χ1n) is 10.1. The molecule has 2 aliphatic heterocycles. The first-order valence-corrected chi connectivity index (χ1v) is 10.1. The lowest BCUT2D eigenvalue weighted by molar-refractivity contribution is -0.181. The van der Waals surface area contributed by atoms with Gasteiger partial charge < -0.3 is 24.6 Å². The number of nitrogens with zero attached hydrogens (tertiary/aromatic N) is 2. The van der Waals surface area contributed by atoms with Crippen molar-refractivity contribution in [2.45, 2.75) is 51.8 Å². The lowest BCUT2D eigenvalue weighted by atomic mass is 9.79. The molecule has 2 fully saturated rings. The molecule has 0 aliphatic carbocycles. The van der Waals surface area contributed by atoms with E-state index in [1.807, 2.05) is 54.8 Å². The third-order valence-electron chi connectivity index (χ3n) is 5.68. The summed E-state index contributed by atoms with van der Waals surface area (Å²) in [6, 6.07) is 7.63. The Morgan fingerprint density at radius 1 is 1.25 bits per heavy atom. The Balaban J connectivity index is 1.58. The predicted octanol–water partition coefficient (Wildman–Crippen LogP) is 2.96. The molecule has 7 heteroatoms. The van der Waals surface area contributed by atoms with Gasteiger partial charge in [0.15, 0.2) is 6.10 Å². The minimum absolute atomic E-state index is 0.0789. The van der Waals surface area contributed by atoms with Gasteiger partial charge in [0, 0.05) is 26.2 Å². The summed E-state index contributed by atoms with van der Waals surface area (Å²) in [4.78, 5) is 28.7. The number of ether oxygens (including phenoxy) is 2. The molecule has 7 nitrogen and oxygen atoms in total. The Morgan fingerprint density at radius 3 is 2.54 bits per heavy atom. The maximum absolute atomic E-state index is 12.7. The van der Waals surface area contributed by atoms with Gasteiger partial charge in [-0.15, -0.1) is 0 Å². The Morgan fingerprint density at radius 2 is 1.93 bits per heavy atom. The van der Waals surface area contributed by atoms with Crippen LogP contribution in [0.25, 0.3) is 0 Å². The molecule has 0 radical (unpaired) electrons. The van der Waals surface area contributed by atoms with Crippen LogP contribution in [0.5, 0.6) is 5.75 Å². The topological polar surface area (TPSA) is 71.1 Å². The fraction of sp³-hybridized carbons (Fsp3) is 0.619. The van der Waals surface area contributed by atoms with Crippen LogP contribution < -0.4 is 10.1 Å². The number of carbonyl (C=O) groups excluding carboxylic acids is 2. The van der Waals surface area contributed by atoms with E-state index < -0.39 is 0 Å². The van der Waals surface area contributed by atoms with Crippen LogP contribution in [-0.4, -0.2) is 66.7 Å². The number of nitrogens with one attached hydrogen (secondary N) is 1. The number of amides is 3. The van der Waals surface area contributed by atoms with Gasteiger partial charge in [-0.05, 0) is 51.7 Å². The third kappa shape index (κ3) is 3.94. The van der Waals surface area contributed by atoms with Crippen LogP contribution in [0.3, 0.4) is 0 Å². The summed E-state index contributed by atoms with van der Waals surface area (Å²) in [7, 11) is 1.60. The van der Waals surface area contributed by atoms with Gasteiger partial charge in [-0.3, -0.25) is 4.79 Å². The molecule has 154 valence electrons.